The number of rotatable bonds is 5. The summed E-state index contributed by atoms with van der Waals surface area (Å²) >= 11 is 6.15. The summed E-state index contributed by atoms with van der Waals surface area (Å²) in [6.45, 7) is 0. The first-order chi connectivity index (χ1) is 9.15. The molecule has 9 heteroatoms. The number of carboxylic acids is 1. The molecule has 1 unspecified atom stereocenters. The van der Waals surface area contributed by atoms with Gasteiger partial charge in [0, 0.05) is 0 Å². The Bertz CT molecular complexity index is 505. The van der Waals surface area contributed by atoms with Gasteiger partial charge in [-0.1, -0.05) is 0 Å². The molecule has 1 rings (SSSR count). The number of aliphatic carboxylic acids is 1. The predicted octanol–water partition coefficient (Wildman–Crippen LogP) is 4.00. The molecule has 0 fully saturated rings. The lowest BCUT2D eigenvalue weighted by atomic mass is 10.2. The fourth-order valence-electron chi connectivity index (χ4n) is 1.29. The van der Waals surface area contributed by atoms with Gasteiger partial charge in [-0.15, -0.1) is 0 Å². The van der Waals surface area contributed by atoms with Crippen molar-refractivity contribution in [2.24, 2.45) is 0 Å². The van der Waals surface area contributed by atoms with Gasteiger partial charge >= 0.3 is 12.1 Å². The van der Waals surface area contributed by atoms with Crippen molar-refractivity contribution in [2.75, 3.05) is 7.11 Å². The maximum Gasteiger partial charge on any atom is 0.426 e. The predicted molar refractivity (Wildman–Crippen MR) is 71.1 cm³/mol. The Hall–Kier alpha value is -0.960. The number of methoxy groups -OCH3 is 1. The van der Waals surface area contributed by atoms with Crippen LogP contribution in [0.1, 0.15) is 6.42 Å². The smallest absolute Gasteiger partial charge is 0.426 e. The fraction of sp³-hybridized carbons (Fsp3) is 0.364. The van der Waals surface area contributed by atoms with E-state index in [1.165, 1.54) is 19.2 Å². The van der Waals surface area contributed by atoms with Crippen LogP contribution in [-0.2, 0) is 4.79 Å². The van der Waals surface area contributed by atoms with Gasteiger partial charge in [0.1, 0.15) is 11.5 Å². The third-order valence-electron chi connectivity index (χ3n) is 2.20. The van der Waals surface area contributed by atoms with Crippen LogP contribution in [0.15, 0.2) is 21.1 Å². The summed E-state index contributed by atoms with van der Waals surface area (Å²) in [5, 5.41) is 8.51. The number of carboxylic acid groups (broad SMARTS) is 1. The number of ether oxygens (including phenoxy) is 2. The maximum absolute atomic E-state index is 12.7. The topological polar surface area (TPSA) is 55.8 Å². The van der Waals surface area contributed by atoms with E-state index in [2.05, 4.69) is 31.9 Å². The molecule has 0 amide bonds. The lowest BCUT2D eigenvalue weighted by Crippen LogP contribution is -2.36. The highest BCUT2D eigenvalue weighted by Gasteiger charge is 2.43. The van der Waals surface area contributed by atoms with E-state index >= 15 is 0 Å². The van der Waals surface area contributed by atoms with Crippen molar-refractivity contribution < 1.29 is 32.5 Å². The molecule has 0 saturated heterocycles. The molecule has 1 atom stereocenters. The highest BCUT2D eigenvalue weighted by Crippen LogP contribution is 2.38. The largest absolute Gasteiger partial charge is 0.496 e. The van der Waals surface area contributed by atoms with Crippen LogP contribution in [0.4, 0.5) is 13.2 Å². The summed E-state index contributed by atoms with van der Waals surface area (Å²) in [5.41, 5.74) is 0. The average Bonchev–Trinajstić information content (AvgIpc) is 2.30. The van der Waals surface area contributed by atoms with Gasteiger partial charge in [0.15, 0.2) is 0 Å². The van der Waals surface area contributed by atoms with E-state index in [0.29, 0.717) is 10.2 Å². The van der Waals surface area contributed by atoms with Gasteiger partial charge in [0.05, 0.1) is 22.5 Å². The van der Waals surface area contributed by atoms with Crippen LogP contribution in [0.25, 0.3) is 0 Å². The van der Waals surface area contributed by atoms with Crippen molar-refractivity contribution in [3.63, 3.8) is 0 Å². The summed E-state index contributed by atoms with van der Waals surface area (Å²) in [7, 11) is 1.40. The van der Waals surface area contributed by atoms with E-state index in [1.807, 2.05) is 0 Å². The SMILES string of the molecule is COc1cc(Br)c(OC(CC(=O)O)C(F)(F)F)cc1Br. The third kappa shape index (κ3) is 4.55. The Morgan fingerprint density at radius 1 is 1.30 bits per heavy atom. The Kier molecular flexibility index (Phi) is 5.69. The molecule has 0 heterocycles. The second kappa shape index (κ2) is 6.66. The summed E-state index contributed by atoms with van der Waals surface area (Å²) < 4.78 is 48.4. The Balaban J connectivity index is 3.05. The highest BCUT2D eigenvalue weighted by atomic mass is 79.9. The Morgan fingerprint density at radius 2 is 1.80 bits per heavy atom. The molecule has 0 saturated carbocycles. The zero-order chi connectivity index (χ0) is 15.5. The second-order valence-electron chi connectivity index (χ2n) is 3.66. The first-order valence-electron chi connectivity index (χ1n) is 5.13. The maximum atomic E-state index is 12.7. The molecular weight excluding hydrogens is 413 g/mol. The van der Waals surface area contributed by atoms with E-state index < -0.39 is 24.7 Å². The van der Waals surface area contributed by atoms with Crippen molar-refractivity contribution in [1.29, 1.82) is 0 Å². The fourth-order valence-corrected chi connectivity index (χ4v) is 2.19. The first kappa shape index (κ1) is 17.1. The van der Waals surface area contributed by atoms with E-state index in [-0.39, 0.29) is 10.2 Å². The lowest BCUT2D eigenvalue weighted by Gasteiger charge is -2.21. The average molecular weight is 422 g/mol. The molecule has 1 aromatic rings. The van der Waals surface area contributed by atoms with Crippen molar-refractivity contribution in [2.45, 2.75) is 18.7 Å². The van der Waals surface area contributed by atoms with Crippen LogP contribution < -0.4 is 9.47 Å². The van der Waals surface area contributed by atoms with Crippen molar-refractivity contribution in [3.05, 3.63) is 21.1 Å². The van der Waals surface area contributed by atoms with Crippen LogP contribution in [0.3, 0.4) is 0 Å². The van der Waals surface area contributed by atoms with Crippen molar-refractivity contribution >= 4 is 37.8 Å². The number of hydrogen-bond donors (Lipinski definition) is 1. The molecule has 4 nitrogen and oxygen atoms in total. The molecular formula is C11H9Br2F3O4. The van der Waals surface area contributed by atoms with Gasteiger partial charge in [-0.25, -0.2) is 0 Å². The highest BCUT2D eigenvalue weighted by molar-refractivity contribution is 9.11. The molecule has 0 aliphatic carbocycles. The number of carbonyl (C=O) groups is 1. The molecule has 20 heavy (non-hydrogen) atoms. The number of hydrogen-bond acceptors (Lipinski definition) is 3. The summed E-state index contributed by atoms with van der Waals surface area (Å²) in [5.74, 6) is -1.34. The molecule has 0 aliphatic rings. The van der Waals surface area contributed by atoms with Crippen LogP contribution in [0, 0.1) is 0 Å². The molecule has 0 bridgehead atoms. The summed E-state index contributed by atoms with van der Waals surface area (Å²) in [6.07, 6.45) is -8.40. The molecule has 0 radical (unpaired) electrons. The number of halogens is 5. The van der Waals surface area contributed by atoms with Crippen LogP contribution in [-0.4, -0.2) is 30.5 Å². The van der Waals surface area contributed by atoms with Gasteiger partial charge < -0.3 is 14.6 Å². The standard InChI is InChI=1S/C11H9Br2F3O4/c1-19-7-2-6(13)8(3-5(7)12)20-9(4-10(17)18)11(14,15)16/h2-3,9H,4H2,1H3,(H,17,18). The van der Waals surface area contributed by atoms with Crippen LogP contribution >= 0.6 is 31.9 Å². The molecule has 0 aromatic heterocycles. The van der Waals surface area contributed by atoms with Crippen molar-refractivity contribution in [1.82, 2.24) is 0 Å². The second-order valence-corrected chi connectivity index (χ2v) is 5.37. The zero-order valence-corrected chi connectivity index (χ0v) is 13.2. The minimum absolute atomic E-state index is 0.138. The Morgan fingerprint density at radius 3 is 2.25 bits per heavy atom. The number of alkyl halides is 3. The molecule has 112 valence electrons. The zero-order valence-electron chi connectivity index (χ0n) is 10.0. The number of benzene rings is 1. The van der Waals surface area contributed by atoms with Gasteiger partial charge in [-0.05, 0) is 44.0 Å². The van der Waals surface area contributed by atoms with Gasteiger partial charge in [0.2, 0.25) is 6.10 Å². The molecule has 1 aromatic carbocycles. The van der Waals surface area contributed by atoms with Gasteiger partial charge in [-0.3, -0.25) is 4.79 Å². The summed E-state index contributed by atoms with van der Waals surface area (Å²) in [4.78, 5) is 10.5. The summed E-state index contributed by atoms with van der Waals surface area (Å²) in [6, 6.07) is 2.68. The monoisotopic (exact) mass is 420 g/mol. The van der Waals surface area contributed by atoms with Gasteiger partial charge in [-0.2, -0.15) is 13.2 Å². The normalized spacial score (nSPS) is 12.9. The Labute approximate surface area is 129 Å². The van der Waals surface area contributed by atoms with Crippen LogP contribution in [0.5, 0.6) is 11.5 Å². The van der Waals surface area contributed by atoms with Crippen LogP contribution in [0.2, 0.25) is 0 Å². The third-order valence-corrected chi connectivity index (χ3v) is 3.44. The molecule has 0 aliphatic heterocycles. The van der Waals surface area contributed by atoms with Crippen molar-refractivity contribution in [3.8, 4) is 11.5 Å². The van der Waals surface area contributed by atoms with E-state index in [4.69, 9.17) is 14.6 Å². The minimum Gasteiger partial charge on any atom is -0.496 e. The quantitative estimate of drug-likeness (QED) is 0.780. The van der Waals surface area contributed by atoms with E-state index in [1.54, 1.807) is 0 Å². The van der Waals surface area contributed by atoms with Gasteiger partial charge in [0.25, 0.3) is 0 Å². The minimum atomic E-state index is -4.79. The first-order valence-corrected chi connectivity index (χ1v) is 6.72. The lowest BCUT2D eigenvalue weighted by molar-refractivity contribution is -0.200. The van der Waals surface area contributed by atoms with E-state index in [0.717, 1.165) is 0 Å². The molecule has 1 N–H and O–H groups in total. The van der Waals surface area contributed by atoms with E-state index in [9.17, 15) is 18.0 Å². The molecule has 0 spiro atoms.